The summed E-state index contributed by atoms with van der Waals surface area (Å²) in [6.45, 7) is 1.09. The van der Waals surface area contributed by atoms with Crippen molar-refractivity contribution in [3.05, 3.63) is 30.1 Å². The van der Waals surface area contributed by atoms with Crippen molar-refractivity contribution >= 4 is 10.0 Å². The molecule has 2 rings (SSSR count). The molecule has 1 saturated heterocycles. The second-order valence-electron chi connectivity index (χ2n) is 4.30. The van der Waals surface area contributed by atoms with Crippen molar-refractivity contribution in [2.24, 2.45) is 0 Å². The van der Waals surface area contributed by atoms with Gasteiger partial charge in [-0.05, 0) is 25.0 Å². The van der Waals surface area contributed by atoms with Crippen LogP contribution in [-0.4, -0.2) is 39.0 Å². The fraction of sp³-hybridized carbons (Fsp3) is 0.500. The van der Waals surface area contributed by atoms with Crippen LogP contribution in [0, 0.1) is 5.82 Å². The van der Waals surface area contributed by atoms with Gasteiger partial charge >= 0.3 is 0 Å². The van der Waals surface area contributed by atoms with E-state index in [1.807, 2.05) is 0 Å². The molecule has 0 bridgehead atoms. The van der Waals surface area contributed by atoms with Crippen LogP contribution in [-0.2, 0) is 14.8 Å². The van der Waals surface area contributed by atoms with Gasteiger partial charge in [-0.1, -0.05) is 12.1 Å². The van der Waals surface area contributed by atoms with Crippen molar-refractivity contribution < 1.29 is 17.5 Å². The van der Waals surface area contributed by atoms with Gasteiger partial charge in [-0.3, -0.25) is 0 Å². The van der Waals surface area contributed by atoms with Crippen LogP contribution in [0.15, 0.2) is 29.2 Å². The van der Waals surface area contributed by atoms with Gasteiger partial charge in [-0.2, -0.15) is 4.31 Å². The van der Waals surface area contributed by atoms with Gasteiger partial charge in [0.15, 0.2) is 0 Å². The van der Waals surface area contributed by atoms with Crippen LogP contribution >= 0.6 is 0 Å². The van der Waals surface area contributed by atoms with E-state index in [2.05, 4.69) is 0 Å². The van der Waals surface area contributed by atoms with E-state index in [0.29, 0.717) is 26.1 Å². The molecule has 4 nitrogen and oxygen atoms in total. The maximum atomic E-state index is 13.6. The van der Waals surface area contributed by atoms with Crippen LogP contribution in [0.5, 0.6) is 0 Å². The molecule has 0 radical (unpaired) electrons. The summed E-state index contributed by atoms with van der Waals surface area (Å²) in [7, 11) is -2.27. The van der Waals surface area contributed by atoms with Gasteiger partial charge in [0.2, 0.25) is 10.0 Å². The summed E-state index contributed by atoms with van der Waals surface area (Å²) in [5.41, 5.74) is 0. The number of sulfonamides is 1. The molecule has 0 amide bonds. The lowest BCUT2D eigenvalue weighted by atomic mass is 10.1. The minimum absolute atomic E-state index is 0.122. The second kappa shape index (κ2) is 5.34. The van der Waals surface area contributed by atoms with E-state index in [0.717, 1.165) is 6.07 Å². The van der Waals surface area contributed by atoms with Crippen molar-refractivity contribution in [2.45, 2.75) is 23.8 Å². The summed E-state index contributed by atoms with van der Waals surface area (Å²) >= 11 is 0. The molecule has 1 fully saturated rings. The Morgan fingerprint density at radius 3 is 2.50 bits per heavy atom. The van der Waals surface area contributed by atoms with Gasteiger partial charge in [0.1, 0.15) is 10.7 Å². The molecule has 1 aromatic carbocycles. The summed E-state index contributed by atoms with van der Waals surface area (Å²) in [6, 6.07) is 5.32. The Morgan fingerprint density at radius 1 is 1.28 bits per heavy atom. The zero-order chi connectivity index (χ0) is 13.2. The fourth-order valence-electron chi connectivity index (χ4n) is 2.05. The number of rotatable bonds is 3. The van der Waals surface area contributed by atoms with Crippen LogP contribution < -0.4 is 0 Å². The van der Waals surface area contributed by atoms with E-state index in [4.69, 9.17) is 4.74 Å². The van der Waals surface area contributed by atoms with Crippen LogP contribution in [0.25, 0.3) is 0 Å². The lowest BCUT2D eigenvalue weighted by molar-refractivity contribution is 0.0631. The van der Waals surface area contributed by atoms with Crippen LogP contribution in [0.1, 0.15) is 12.8 Å². The number of benzene rings is 1. The van der Waals surface area contributed by atoms with E-state index in [-0.39, 0.29) is 10.9 Å². The molecule has 18 heavy (non-hydrogen) atoms. The van der Waals surface area contributed by atoms with E-state index >= 15 is 0 Å². The zero-order valence-electron chi connectivity index (χ0n) is 10.2. The highest BCUT2D eigenvalue weighted by molar-refractivity contribution is 7.89. The van der Waals surface area contributed by atoms with Crippen molar-refractivity contribution in [2.75, 3.05) is 20.3 Å². The lowest BCUT2D eigenvalue weighted by Gasteiger charge is -2.30. The number of hydrogen-bond acceptors (Lipinski definition) is 3. The van der Waals surface area contributed by atoms with E-state index in [1.165, 1.54) is 29.6 Å². The normalized spacial score (nSPS) is 18.2. The highest BCUT2D eigenvalue weighted by Gasteiger charge is 2.30. The Labute approximate surface area is 106 Å². The zero-order valence-corrected chi connectivity index (χ0v) is 11.0. The molecular weight excluding hydrogens is 257 g/mol. The first-order chi connectivity index (χ1) is 8.53. The summed E-state index contributed by atoms with van der Waals surface area (Å²) in [6.07, 6.45) is 1.29. The van der Waals surface area contributed by atoms with Crippen molar-refractivity contribution in [3.8, 4) is 0 Å². The third-order valence-electron chi connectivity index (χ3n) is 3.20. The number of hydrogen-bond donors (Lipinski definition) is 0. The standard InChI is InChI=1S/C12H16FNO3S/c1-14(10-6-8-17-9-7-10)18(15,16)12-5-3-2-4-11(12)13/h2-5,10H,6-9H2,1H3. The fourth-order valence-corrected chi connectivity index (χ4v) is 3.53. The van der Waals surface area contributed by atoms with Gasteiger partial charge in [0, 0.05) is 26.3 Å². The molecule has 0 spiro atoms. The average molecular weight is 273 g/mol. The Bertz CT molecular complexity index is 512. The topological polar surface area (TPSA) is 46.6 Å². The molecule has 0 saturated carbocycles. The molecule has 0 N–H and O–H groups in total. The van der Waals surface area contributed by atoms with E-state index < -0.39 is 15.8 Å². The molecular formula is C12H16FNO3S. The Morgan fingerprint density at radius 2 is 1.89 bits per heavy atom. The monoisotopic (exact) mass is 273 g/mol. The highest BCUT2D eigenvalue weighted by atomic mass is 32.2. The first-order valence-corrected chi connectivity index (χ1v) is 7.28. The van der Waals surface area contributed by atoms with Crippen LogP contribution in [0.3, 0.4) is 0 Å². The molecule has 1 aliphatic rings. The van der Waals surface area contributed by atoms with Gasteiger partial charge < -0.3 is 4.74 Å². The average Bonchev–Trinajstić information content (AvgIpc) is 2.39. The highest BCUT2D eigenvalue weighted by Crippen LogP contribution is 2.23. The minimum atomic E-state index is -3.77. The second-order valence-corrected chi connectivity index (χ2v) is 6.26. The number of ether oxygens (including phenoxy) is 1. The van der Waals surface area contributed by atoms with Crippen molar-refractivity contribution in [1.29, 1.82) is 0 Å². The molecule has 1 aromatic rings. The van der Waals surface area contributed by atoms with Gasteiger partial charge in [-0.15, -0.1) is 0 Å². The van der Waals surface area contributed by atoms with Gasteiger partial charge in [-0.25, -0.2) is 12.8 Å². The van der Waals surface area contributed by atoms with Gasteiger partial charge in [0.05, 0.1) is 0 Å². The SMILES string of the molecule is CN(C1CCOCC1)S(=O)(=O)c1ccccc1F. The smallest absolute Gasteiger partial charge is 0.245 e. The third kappa shape index (κ3) is 2.55. The summed E-state index contributed by atoms with van der Waals surface area (Å²) in [5, 5.41) is 0. The van der Waals surface area contributed by atoms with Crippen molar-refractivity contribution in [1.82, 2.24) is 4.31 Å². The molecule has 100 valence electrons. The Hall–Kier alpha value is -0.980. The number of halogens is 1. The molecule has 1 heterocycles. The largest absolute Gasteiger partial charge is 0.381 e. The summed E-state index contributed by atoms with van der Waals surface area (Å²) in [4.78, 5) is -0.265. The minimum Gasteiger partial charge on any atom is -0.381 e. The van der Waals surface area contributed by atoms with Crippen LogP contribution in [0.4, 0.5) is 4.39 Å². The molecule has 0 aliphatic carbocycles. The lowest BCUT2D eigenvalue weighted by Crippen LogP contribution is -2.40. The summed E-state index contributed by atoms with van der Waals surface area (Å²) in [5.74, 6) is -0.712. The van der Waals surface area contributed by atoms with Crippen molar-refractivity contribution in [3.63, 3.8) is 0 Å². The summed E-state index contributed by atoms with van der Waals surface area (Å²) < 4.78 is 44.6. The molecule has 0 aromatic heterocycles. The molecule has 6 heteroatoms. The molecule has 0 unspecified atom stereocenters. The molecule has 1 aliphatic heterocycles. The quantitative estimate of drug-likeness (QED) is 0.841. The Kier molecular flexibility index (Phi) is 3.99. The van der Waals surface area contributed by atoms with E-state index in [9.17, 15) is 12.8 Å². The predicted molar refractivity (Wildman–Crippen MR) is 65.2 cm³/mol. The number of nitrogens with zero attached hydrogens (tertiary/aromatic N) is 1. The van der Waals surface area contributed by atoms with E-state index in [1.54, 1.807) is 0 Å². The van der Waals surface area contributed by atoms with Crippen LogP contribution in [0.2, 0.25) is 0 Å². The maximum absolute atomic E-state index is 13.6. The first kappa shape index (κ1) is 13.5. The Balaban J connectivity index is 2.28. The first-order valence-electron chi connectivity index (χ1n) is 5.84. The van der Waals surface area contributed by atoms with Gasteiger partial charge in [0.25, 0.3) is 0 Å². The molecule has 0 atom stereocenters. The maximum Gasteiger partial charge on any atom is 0.245 e. The predicted octanol–water partition coefficient (Wildman–Crippen LogP) is 1.63. The third-order valence-corrected chi connectivity index (χ3v) is 5.14.